The first kappa shape index (κ1) is 15.9. The molecule has 1 unspecified atom stereocenters. The van der Waals surface area contributed by atoms with Crippen molar-refractivity contribution in [3.8, 4) is 5.75 Å². The maximum absolute atomic E-state index is 11.5. The number of benzene rings is 1. The molecule has 0 heterocycles. The number of thioether (sulfide) groups is 1. The molecule has 0 bridgehead atoms. The standard InChI is InChI=1S/C14H21NO3S/c1-12(7-9-16)19-11-14(17)15-8-10-18-13-5-3-2-4-6-13/h2-6,12,16H,7-11H2,1H3,(H,15,17). The fraction of sp³-hybridized carbons (Fsp3) is 0.500. The zero-order chi connectivity index (χ0) is 13.9. The number of carbonyl (C=O) groups excluding carboxylic acids is 1. The van der Waals surface area contributed by atoms with Gasteiger partial charge in [0.15, 0.2) is 0 Å². The van der Waals surface area contributed by atoms with Crippen LogP contribution >= 0.6 is 11.8 Å². The Bertz CT molecular complexity index is 359. The number of amides is 1. The summed E-state index contributed by atoms with van der Waals surface area (Å²) in [7, 11) is 0. The van der Waals surface area contributed by atoms with E-state index in [-0.39, 0.29) is 12.5 Å². The van der Waals surface area contributed by atoms with Crippen molar-refractivity contribution in [2.75, 3.05) is 25.5 Å². The Labute approximate surface area is 118 Å². The minimum Gasteiger partial charge on any atom is -0.492 e. The lowest BCUT2D eigenvalue weighted by molar-refractivity contribution is -0.118. The molecule has 4 nitrogen and oxygen atoms in total. The predicted octanol–water partition coefficient (Wildman–Crippen LogP) is 1.69. The third-order valence-corrected chi connectivity index (χ3v) is 3.70. The van der Waals surface area contributed by atoms with Crippen LogP contribution in [0.3, 0.4) is 0 Å². The molecule has 1 rings (SSSR count). The first-order chi connectivity index (χ1) is 9.22. The van der Waals surface area contributed by atoms with E-state index in [1.54, 1.807) is 11.8 Å². The Hall–Kier alpha value is -1.20. The average Bonchev–Trinajstić information content (AvgIpc) is 2.43. The topological polar surface area (TPSA) is 58.6 Å². The minimum absolute atomic E-state index is 0.00597. The zero-order valence-corrected chi connectivity index (χ0v) is 12.0. The molecule has 1 atom stereocenters. The molecule has 1 aromatic carbocycles. The van der Waals surface area contributed by atoms with Crippen molar-refractivity contribution in [3.05, 3.63) is 30.3 Å². The number of hydrogen-bond acceptors (Lipinski definition) is 4. The molecule has 0 radical (unpaired) electrons. The van der Waals surface area contributed by atoms with Crippen LogP contribution in [0.1, 0.15) is 13.3 Å². The van der Waals surface area contributed by atoms with Crippen molar-refractivity contribution in [1.82, 2.24) is 5.32 Å². The molecule has 0 fully saturated rings. The molecule has 0 saturated carbocycles. The molecule has 1 amide bonds. The van der Waals surface area contributed by atoms with Crippen LogP contribution in [0.4, 0.5) is 0 Å². The predicted molar refractivity (Wildman–Crippen MR) is 78.6 cm³/mol. The fourth-order valence-corrected chi connectivity index (χ4v) is 2.22. The van der Waals surface area contributed by atoms with Gasteiger partial charge in [-0.25, -0.2) is 0 Å². The van der Waals surface area contributed by atoms with Gasteiger partial charge in [-0.2, -0.15) is 0 Å². The maximum Gasteiger partial charge on any atom is 0.230 e. The molecule has 0 aromatic heterocycles. The monoisotopic (exact) mass is 283 g/mol. The van der Waals surface area contributed by atoms with Crippen LogP contribution in [0.2, 0.25) is 0 Å². The molecule has 106 valence electrons. The molecule has 0 saturated heterocycles. The highest BCUT2D eigenvalue weighted by Crippen LogP contribution is 2.12. The number of carbonyl (C=O) groups is 1. The summed E-state index contributed by atoms with van der Waals surface area (Å²) >= 11 is 1.55. The highest BCUT2D eigenvalue weighted by molar-refractivity contribution is 8.00. The molecule has 2 N–H and O–H groups in total. The van der Waals surface area contributed by atoms with E-state index in [4.69, 9.17) is 9.84 Å². The molecule has 0 aliphatic rings. The molecule has 0 aliphatic heterocycles. The van der Waals surface area contributed by atoms with Crippen LogP contribution in [0.15, 0.2) is 30.3 Å². The van der Waals surface area contributed by atoms with Crippen molar-refractivity contribution < 1.29 is 14.6 Å². The number of hydrogen-bond donors (Lipinski definition) is 2. The summed E-state index contributed by atoms with van der Waals surface area (Å²) in [4.78, 5) is 11.5. The summed E-state index contributed by atoms with van der Waals surface area (Å²) in [5.74, 6) is 1.24. The first-order valence-electron chi connectivity index (χ1n) is 6.39. The Morgan fingerprint density at radius 1 is 1.42 bits per heavy atom. The SMILES string of the molecule is CC(CCO)SCC(=O)NCCOc1ccccc1. The van der Waals surface area contributed by atoms with Gasteiger partial charge >= 0.3 is 0 Å². The van der Waals surface area contributed by atoms with E-state index in [0.717, 1.165) is 12.2 Å². The molecule has 0 spiro atoms. The Morgan fingerprint density at radius 2 is 2.16 bits per heavy atom. The second kappa shape index (κ2) is 9.69. The van der Waals surface area contributed by atoms with Gasteiger partial charge in [-0.05, 0) is 18.6 Å². The number of aliphatic hydroxyl groups excluding tert-OH is 1. The van der Waals surface area contributed by atoms with E-state index in [1.165, 1.54) is 0 Å². The quantitative estimate of drug-likeness (QED) is 0.677. The van der Waals surface area contributed by atoms with Gasteiger partial charge in [-0.1, -0.05) is 25.1 Å². The summed E-state index contributed by atoms with van der Waals surface area (Å²) in [5, 5.41) is 11.9. The first-order valence-corrected chi connectivity index (χ1v) is 7.44. The van der Waals surface area contributed by atoms with Crippen LogP contribution in [0.5, 0.6) is 5.75 Å². The van der Waals surface area contributed by atoms with Gasteiger partial charge in [-0.15, -0.1) is 11.8 Å². The minimum atomic E-state index is 0.00597. The van der Waals surface area contributed by atoms with Crippen molar-refractivity contribution >= 4 is 17.7 Å². The van der Waals surface area contributed by atoms with Crippen LogP contribution in [0.25, 0.3) is 0 Å². The van der Waals surface area contributed by atoms with Gasteiger partial charge < -0.3 is 15.2 Å². The van der Waals surface area contributed by atoms with E-state index < -0.39 is 0 Å². The van der Waals surface area contributed by atoms with Crippen LogP contribution in [-0.4, -0.2) is 41.8 Å². The van der Waals surface area contributed by atoms with E-state index in [0.29, 0.717) is 24.2 Å². The second-order valence-corrected chi connectivity index (χ2v) is 5.57. The lowest BCUT2D eigenvalue weighted by atomic mass is 10.3. The van der Waals surface area contributed by atoms with Gasteiger partial charge in [0.05, 0.1) is 12.3 Å². The molecule has 5 heteroatoms. The van der Waals surface area contributed by atoms with E-state index in [1.807, 2.05) is 37.3 Å². The number of nitrogens with one attached hydrogen (secondary N) is 1. The van der Waals surface area contributed by atoms with Crippen molar-refractivity contribution in [1.29, 1.82) is 0 Å². The largest absolute Gasteiger partial charge is 0.492 e. The lowest BCUT2D eigenvalue weighted by Gasteiger charge is -2.10. The maximum atomic E-state index is 11.5. The van der Waals surface area contributed by atoms with Crippen molar-refractivity contribution in [2.24, 2.45) is 0 Å². The van der Waals surface area contributed by atoms with E-state index in [9.17, 15) is 4.79 Å². The number of para-hydroxylation sites is 1. The molecular formula is C14H21NO3S. The third kappa shape index (κ3) is 7.74. The highest BCUT2D eigenvalue weighted by atomic mass is 32.2. The normalized spacial score (nSPS) is 11.9. The van der Waals surface area contributed by atoms with Crippen molar-refractivity contribution in [3.63, 3.8) is 0 Å². The number of rotatable bonds is 9. The van der Waals surface area contributed by atoms with Gasteiger partial charge in [-0.3, -0.25) is 4.79 Å². The summed E-state index contributed by atoms with van der Waals surface area (Å²) in [6.45, 7) is 3.14. The Balaban J connectivity index is 2.04. The van der Waals surface area contributed by atoms with Crippen LogP contribution in [0, 0.1) is 0 Å². The van der Waals surface area contributed by atoms with Crippen LogP contribution in [-0.2, 0) is 4.79 Å². The van der Waals surface area contributed by atoms with Crippen LogP contribution < -0.4 is 10.1 Å². The smallest absolute Gasteiger partial charge is 0.230 e. The second-order valence-electron chi connectivity index (χ2n) is 4.15. The lowest BCUT2D eigenvalue weighted by Crippen LogP contribution is -2.30. The van der Waals surface area contributed by atoms with Crippen molar-refractivity contribution in [2.45, 2.75) is 18.6 Å². The average molecular weight is 283 g/mol. The van der Waals surface area contributed by atoms with Gasteiger partial charge in [0.2, 0.25) is 5.91 Å². The van der Waals surface area contributed by atoms with Gasteiger partial charge in [0.25, 0.3) is 0 Å². The van der Waals surface area contributed by atoms with Gasteiger partial charge in [0, 0.05) is 11.9 Å². The Morgan fingerprint density at radius 3 is 2.84 bits per heavy atom. The molecule has 0 aliphatic carbocycles. The van der Waals surface area contributed by atoms with Gasteiger partial charge in [0.1, 0.15) is 12.4 Å². The van der Waals surface area contributed by atoms with E-state index >= 15 is 0 Å². The highest BCUT2D eigenvalue weighted by Gasteiger charge is 2.06. The fourth-order valence-electron chi connectivity index (χ4n) is 1.41. The summed E-state index contributed by atoms with van der Waals surface area (Å²) in [6.07, 6.45) is 0.717. The number of aliphatic hydroxyl groups is 1. The molecular weight excluding hydrogens is 262 g/mol. The molecule has 19 heavy (non-hydrogen) atoms. The third-order valence-electron chi connectivity index (χ3n) is 2.47. The summed E-state index contributed by atoms with van der Waals surface area (Å²) in [6, 6.07) is 9.52. The summed E-state index contributed by atoms with van der Waals surface area (Å²) in [5.41, 5.74) is 0. The number of ether oxygens (including phenoxy) is 1. The molecule has 1 aromatic rings. The summed E-state index contributed by atoms with van der Waals surface area (Å²) < 4.78 is 5.47. The zero-order valence-electron chi connectivity index (χ0n) is 11.2. The Kier molecular flexibility index (Phi) is 8.09. The van der Waals surface area contributed by atoms with E-state index in [2.05, 4.69) is 5.32 Å².